The summed E-state index contributed by atoms with van der Waals surface area (Å²) in [5.74, 6) is -0.398. The Kier molecular flexibility index (Phi) is 3.24. The molecule has 0 unspecified atom stereocenters. The monoisotopic (exact) mass is 249 g/mol. The summed E-state index contributed by atoms with van der Waals surface area (Å²) in [4.78, 5) is 34.6. The lowest BCUT2D eigenvalue weighted by atomic mass is 10.1. The Morgan fingerprint density at radius 1 is 1.28 bits per heavy atom. The van der Waals surface area contributed by atoms with Gasteiger partial charge in [0, 0.05) is 7.11 Å². The van der Waals surface area contributed by atoms with Gasteiger partial charge in [-0.15, -0.1) is 0 Å². The maximum Gasteiger partial charge on any atom is 0.272 e. The molecular formula is C11H11N3O4. The number of H-pyrrole nitrogens is 2. The van der Waals surface area contributed by atoms with Gasteiger partial charge in [0.1, 0.15) is 6.61 Å². The topological polar surface area (TPSA) is 104 Å². The molecule has 7 nitrogen and oxygen atoms in total. The lowest BCUT2D eigenvalue weighted by Crippen LogP contribution is -2.22. The highest BCUT2D eigenvalue weighted by molar-refractivity contribution is 6.01. The van der Waals surface area contributed by atoms with E-state index >= 15 is 0 Å². The van der Waals surface area contributed by atoms with Gasteiger partial charge in [0.25, 0.3) is 11.1 Å². The second-order valence-electron chi connectivity index (χ2n) is 3.62. The van der Waals surface area contributed by atoms with Gasteiger partial charge in [0.2, 0.25) is 5.91 Å². The molecule has 1 amide bonds. The number of fused-ring (bicyclic) bond motifs is 1. The molecule has 1 aromatic carbocycles. The van der Waals surface area contributed by atoms with Gasteiger partial charge in [0.05, 0.1) is 16.5 Å². The van der Waals surface area contributed by atoms with E-state index in [1.807, 2.05) is 0 Å². The fourth-order valence-corrected chi connectivity index (χ4v) is 1.65. The Bertz CT molecular complexity index is 701. The summed E-state index contributed by atoms with van der Waals surface area (Å²) in [7, 11) is 1.39. The van der Waals surface area contributed by atoms with Crippen molar-refractivity contribution in [1.82, 2.24) is 10.2 Å². The fourth-order valence-electron chi connectivity index (χ4n) is 1.65. The highest BCUT2D eigenvalue weighted by Gasteiger charge is 2.10. The molecule has 94 valence electrons. The van der Waals surface area contributed by atoms with E-state index in [-0.39, 0.29) is 23.1 Å². The van der Waals surface area contributed by atoms with E-state index < -0.39 is 17.0 Å². The van der Waals surface area contributed by atoms with Gasteiger partial charge in [-0.25, -0.2) is 0 Å². The zero-order chi connectivity index (χ0) is 13.1. The predicted octanol–water partition coefficient (Wildman–Crippen LogP) is -0.199. The second-order valence-corrected chi connectivity index (χ2v) is 3.62. The number of hydrogen-bond donors (Lipinski definition) is 3. The van der Waals surface area contributed by atoms with Crippen LogP contribution in [0.5, 0.6) is 0 Å². The minimum Gasteiger partial charge on any atom is -0.375 e. The number of carbonyl (C=O) groups excluding carboxylic acids is 1. The van der Waals surface area contributed by atoms with Crippen LogP contribution >= 0.6 is 0 Å². The van der Waals surface area contributed by atoms with Gasteiger partial charge in [-0.2, -0.15) is 0 Å². The first kappa shape index (κ1) is 12.1. The summed E-state index contributed by atoms with van der Waals surface area (Å²) in [5, 5.41) is 7.31. The number of hydrogen-bond acceptors (Lipinski definition) is 4. The van der Waals surface area contributed by atoms with Gasteiger partial charge in [0.15, 0.2) is 0 Å². The molecule has 0 atom stereocenters. The highest BCUT2D eigenvalue weighted by Crippen LogP contribution is 2.16. The normalized spacial score (nSPS) is 10.5. The zero-order valence-corrected chi connectivity index (χ0v) is 9.57. The molecule has 0 bridgehead atoms. The maximum absolute atomic E-state index is 11.7. The number of carbonyl (C=O) groups is 1. The number of aromatic amines is 2. The summed E-state index contributed by atoms with van der Waals surface area (Å²) in [5.41, 5.74) is -0.618. The van der Waals surface area contributed by atoms with E-state index in [1.54, 1.807) is 12.1 Å². The summed E-state index contributed by atoms with van der Waals surface area (Å²) in [6.45, 7) is -0.127. The average molecular weight is 249 g/mol. The van der Waals surface area contributed by atoms with Crippen molar-refractivity contribution in [3.63, 3.8) is 0 Å². The number of ether oxygens (including phenoxy) is 1. The van der Waals surface area contributed by atoms with E-state index in [2.05, 4.69) is 20.3 Å². The van der Waals surface area contributed by atoms with Crippen LogP contribution in [0.2, 0.25) is 0 Å². The first-order valence-electron chi connectivity index (χ1n) is 5.16. The fraction of sp³-hybridized carbons (Fsp3) is 0.182. The summed E-state index contributed by atoms with van der Waals surface area (Å²) in [6, 6.07) is 4.64. The molecule has 0 aliphatic rings. The molecule has 2 rings (SSSR count). The van der Waals surface area contributed by atoms with E-state index in [9.17, 15) is 14.4 Å². The van der Waals surface area contributed by atoms with Crippen molar-refractivity contribution in [2.45, 2.75) is 0 Å². The maximum atomic E-state index is 11.7. The van der Waals surface area contributed by atoms with Crippen molar-refractivity contribution in [1.29, 1.82) is 0 Å². The van der Waals surface area contributed by atoms with Crippen molar-refractivity contribution in [3.05, 3.63) is 38.9 Å². The number of rotatable bonds is 3. The van der Waals surface area contributed by atoms with Gasteiger partial charge in [-0.3, -0.25) is 24.6 Å². The molecule has 0 radical (unpaired) electrons. The SMILES string of the molecule is COCC(=O)Nc1cccc2c(=O)[nH][nH]c(=O)c12. The Morgan fingerprint density at radius 3 is 2.72 bits per heavy atom. The van der Waals surface area contributed by atoms with Crippen molar-refractivity contribution < 1.29 is 9.53 Å². The molecule has 0 aliphatic heterocycles. The van der Waals surface area contributed by atoms with Crippen molar-refractivity contribution in [2.24, 2.45) is 0 Å². The van der Waals surface area contributed by atoms with Crippen LogP contribution in [0.3, 0.4) is 0 Å². The number of anilines is 1. The molecule has 0 saturated heterocycles. The number of methoxy groups -OCH3 is 1. The van der Waals surface area contributed by atoms with Crippen LogP contribution in [0.25, 0.3) is 10.8 Å². The first-order chi connectivity index (χ1) is 8.63. The smallest absolute Gasteiger partial charge is 0.272 e. The summed E-state index contributed by atoms with van der Waals surface area (Å²) >= 11 is 0. The molecule has 18 heavy (non-hydrogen) atoms. The van der Waals surface area contributed by atoms with Crippen LogP contribution in [0.4, 0.5) is 5.69 Å². The van der Waals surface area contributed by atoms with Gasteiger partial charge in [-0.05, 0) is 12.1 Å². The standard InChI is InChI=1S/C11H11N3O4/c1-18-5-8(15)12-7-4-2-3-6-9(7)11(17)14-13-10(6)16/h2-4H,5H2,1H3,(H,12,15)(H,13,16)(H,14,17). The third-order valence-corrected chi connectivity index (χ3v) is 2.38. The first-order valence-corrected chi connectivity index (χ1v) is 5.16. The van der Waals surface area contributed by atoms with Crippen molar-refractivity contribution >= 4 is 22.4 Å². The van der Waals surface area contributed by atoms with E-state index in [4.69, 9.17) is 0 Å². The van der Waals surface area contributed by atoms with Gasteiger partial charge < -0.3 is 10.1 Å². The van der Waals surface area contributed by atoms with Crippen LogP contribution in [0, 0.1) is 0 Å². The Morgan fingerprint density at radius 2 is 2.00 bits per heavy atom. The summed E-state index contributed by atoms with van der Waals surface area (Å²) < 4.78 is 4.68. The van der Waals surface area contributed by atoms with Crippen molar-refractivity contribution in [2.75, 3.05) is 19.0 Å². The zero-order valence-electron chi connectivity index (χ0n) is 9.57. The number of nitrogens with one attached hydrogen (secondary N) is 3. The van der Waals surface area contributed by atoms with Crippen molar-refractivity contribution in [3.8, 4) is 0 Å². The third kappa shape index (κ3) is 2.16. The largest absolute Gasteiger partial charge is 0.375 e. The Balaban J connectivity index is 2.58. The second kappa shape index (κ2) is 4.84. The quantitative estimate of drug-likeness (QED) is 0.700. The Hall–Kier alpha value is -2.41. The molecular weight excluding hydrogens is 238 g/mol. The van der Waals surface area contributed by atoms with Crippen LogP contribution in [-0.2, 0) is 9.53 Å². The number of amides is 1. The predicted molar refractivity (Wildman–Crippen MR) is 65.7 cm³/mol. The molecule has 3 N–H and O–H groups in total. The third-order valence-electron chi connectivity index (χ3n) is 2.38. The van der Waals surface area contributed by atoms with Crippen LogP contribution in [0.1, 0.15) is 0 Å². The molecule has 1 aromatic heterocycles. The van der Waals surface area contributed by atoms with Gasteiger partial charge in [-0.1, -0.05) is 6.07 Å². The molecule has 0 fully saturated rings. The lowest BCUT2D eigenvalue weighted by Gasteiger charge is -2.06. The van der Waals surface area contributed by atoms with Crippen LogP contribution in [0.15, 0.2) is 27.8 Å². The number of aromatic nitrogens is 2. The highest BCUT2D eigenvalue weighted by atomic mass is 16.5. The molecule has 0 saturated carbocycles. The molecule has 2 aromatic rings. The Labute approximate surface area is 101 Å². The molecule has 1 heterocycles. The minimum absolute atomic E-state index is 0.127. The van der Waals surface area contributed by atoms with E-state index in [0.29, 0.717) is 0 Å². The van der Waals surface area contributed by atoms with Crippen LogP contribution < -0.4 is 16.4 Å². The van der Waals surface area contributed by atoms with E-state index in [1.165, 1.54) is 13.2 Å². The molecule has 7 heteroatoms. The van der Waals surface area contributed by atoms with Gasteiger partial charge >= 0.3 is 0 Å². The summed E-state index contributed by atoms with van der Waals surface area (Å²) in [6.07, 6.45) is 0. The van der Waals surface area contributed by atoms with E-state index in [0.717, 1.165) is 0 Å². The molecule has 0 aliphatic carbocycles. The van der Waals surface area contributed by atoms with Crippen LogP contribution in [-0.4, -0.2) is 29.8 Å². The average Bonchev–Trinajstić information content (AvgIpc) is 2.34. The number of benzene rings is 1. The lowest BCUT2D eigenvalue weighted by molar-refractivity contribution is -0.119. The molecule has 0 spiro atoms. The minimum atomic E-state index is -0.474.